The number of hydrogen-bond acceptors (Lipinski definition) is 7. The summed E-state index contributed by atoms with van der Waals surface area (Å²) in [5.74, 6) is 2.48. The number of imidazole rings is 1. The molecule has 0 amide bonds. The zero-order valence-corrected chi connectivity index (χ0v) is 23.0. The Labute approximate surface area is 219 Å². The van der Waals surface area contributed by atoms with Gasteiger partial charge in [0.25, 0.3) is 0 Å². The van der Waals surface area contributed by atoms with Crippen LogP contribution < -0.4 is 9.80 Å². The largest absolute Gasteiger partial charge is 0.378 e. The summed E-state index contributed by atoms with van der Waals surface area (Å²) in [7, 11) is 2.17. The number of anilines is 2. The van der Waals surface area contributed by atoms with E-state index in [0.29, 0.717) is 25.0 Å². The Morgan fingerprint density at radius 3 is 2.27 bits per heavy atom. The number of likely N-dealkylation sites (N-methyl/N-ethyl adjacent to an activating group) is 1. The molecule has 2 aliphatic heterocycles. The predicted molar refractivity (Wildman–Crippen MR) is 147 cm³/mol. The fraction of sp³-hybridized carbons (Fsp3) is 0.607. The highest BCUT2D eigenvalue weighted by atomic mass is 19.1. The van der Waals surface area contributed by atoms with Crippen LogP contribution in [0.5, 0.6) is 0 Å². The first-order valence-corrected chi connectivity index (χ1v) is 13.3. The van der Waals surface area contributed by atoms with Crippen LogP contribution in [0.15, 0.2) is 18.2 Å². The van der Waals surface area contributed by atoms with Crippen molar-refractivity contribution in [3.05, 3.63) is 35.4 Å². The van der Waals surface area contributed by atoms with Crippen LogP contribution in [0, 0.1) is 10.8 Å². The maximum absolute atomic E-state index is 15.0. The third kappa shape index (κ3) is 5.57. The highest BCUT2D eigenvalue weighted by Gasteiger charge is 2.30. The second-order valence-corrected chi connectivity index (χ2v) is 12.0. The Hall–Kier alpha value is -2.78. The van der Waals surface area contributed by atoms with Crippen molar-refractivity contribution in [2.75, 3.05) is 69.3 Å². The van der Waals surface area contributed by atoms with Gasteiger partial charge in [0.2, 0.25) is 5.95 Å². The number of ether oxygens (including phenoxy) is 1. The molecule has 2 saturated heterocycles. The summed E-state index contributed by atoms with van der Waals surface area (Å²) < 4.78 is 22.4. The molecule has 3 aliphatic rings. The first-order chi connectivity index (χ1) is 17.5. The Morgan fingerprint density at radius 1 is 0.892 bits per heavy atom. The molecule has 0 aromatic carbocycles. The van der Waals surface area contributed by atoms with Crippen LogP contribution in [0.4, 0.5) is 16.0 Å². The molecule has 9 heteroatoms. The van der Waals surface area contributed by atoms with Crippen LogP contribution in [-0.4, -0.2) is 83.9 Å². The highest BCUT2D eigenvalue weighted by molar-refractivity contribution is 5.66. The molecule has 0 bridgehead atoms. The number of alkyl halides is 1. The highest BCUT2D eigenvalue weighted by Crippen LogP contribution is 2.33. The zero-order chi connectivity index (χ0) is 26.4. The molecule has 0 radical (unpaired) electrons. The van der Waals surface area contributed by atoms with Crippen LogP contribution in [0.2, 0.25) is 0 Å². The fourth-order valence-electron chi connectivity index (χ4n) is 5.44. The van der Waals surface area contributed by atoms with Gasteiger partial charge in [-0.25, -0.2) is 9.37 Å². The molecule has 5 rings (SSSR count). The molecule has 1 atom stereocenters. The van der Waals surface area contributed by atoms with Gasteiger partial charge in [0.1, 0.15) is 11.6 Å². The van der Waals surface area contributed by atoms with Crippen LogP contribution in [-0.2, 0) is 4.74 Å². The summed E-state index contributed by atoms with van der Waals surface area (Å²) >= 11 is 0. The Balaban J connectivity index is 1.67. The van der Waals surface area contributed by atoms with Crippen molar-refractivity contribution in [1.29, 1.82) is 0 Å². The summed E-state index contributed by atoms with van der Waals surface area (Å²) in [4.78, 5) is 21.8. The van der Waals surface area contributed by atoms with Gasteiger partial charge in [-0.2, -0.15) is 9.97 Å². The van der Waals surface area contributed by atoms with Crippen LogP contribution in [0.3, 0.4) is 0 Å². The van der Waals surface area contributed by atoms with Crippen molar-refractivity contribution >= 4 is 23.8 Å². The Kier molecular flexibility index (Phi) is 6.87. The van der Waals surface area contributed by atoms with Gasteiger partial charge in [-0.3, -0.25) is 4.57 Å². The van der Waals surface area contributed by atoms with Crippen molar-refractivity contribution in [3.63, 3.8) is 0 Å². The average Bonchev–Trinajstić information content (AvgIpc) is 3.07. The van der Waals surface area contributed by atoms with Gasteiger partial charge in [-0.1, -0.05) is 39.8 Å². The molecule has 0 saturated carbocycles. The van der Waals surface area contributed by atoms with E-state index < -0.39 is 6.17 Å². The van der Waals surface area contributed by atoms with Crippen molar-refractivity contribution in [3.8, 4) is 5.95 Å². The van der Waals surface area contributed by atoms with Gasteiger partial charge in [0, 0.05) is 50.7 Å². The molecule has 0 spiro atoms. The quantitative estimate of drug-likeness (QED) is 0.606. The lowest BCUT2D eigenvalue weighted by atomic mass is 9.93. The van der Waals surface area contributed by atoms with Crippen molar-refractivity contribution < 1.29 is 9.13 Å². The number of aromatic nitrogens is 4. The van der Waals surface area contributed by atoms with E-state index in [9.17, 15) is 4.39 Å². The van der Waals surface area contributed by atoms with E-state index in [0.717, 1.165) is 62.3 Å². The van der Waals surface area contributed by atoms with Crippen molar-refractivity contribution in [1.82, 2.24) is 24.4 Å². The molecule has 1 aliphatic carbocycles. The van der Waals surface area contributed by atoms with Gasteiger partial charge in [0.15, 0.2) is 12.0 Å². The fourth-order valence-corrected chi connectivity index (χ4v) is 5.44. The molecule has 8 nitrogen and oxygen atoms in total. The van der Waals surface area contributed by atoms with Gasteiger partial charge >= 0.3 is 0 Å². The summed E-state index contributed by atoms with van der Waals surface area (Å²) in [5.41, 5.74) is 1.51. The second kappa shape index (κ2) is 9.83. The molecule has 2 aromatic rings. The van der Waals surface area contributed by atoms with E-state index in [1.54, 1.807) is 0 Å². The maximum Gasteiger partial charge on any atom is 0.239 e. The zero-order valence-electron chi connectivity index (χ0n) is 23.0. The van der Waals surface area contributed by atoms with E-state index in [1.807, 2.05) is 16.7 Å². The van der Waals surface area contributed by atoms with E-state index in [2.05, 4.69) is 67.7 Å². The second-order valence-electron chi connectivity index (χ2n) is 12.0. The van der Waals surface area contributed by atoms with E-state index in [4.69, 9.17) is 19.7 Å². The number of rotatable bonds is 4. The number of hydrogen-bond donors (Lipinski definition) is 0. The molecular formula is C28H40FN7O. The number of fused-ring (bicyclic) bond motifs is 1. The lowest BCUT2D eigenvalue weighted by molar-refractivity contribution is 0.122. The topological polar surface area (TPSA) is 62.6 Å². The van der Waals surface area contributed by atoms with Crippen molar-refractivity contribution in [2.45, 2.75) is 40.8 Å². The van der Waals surface area contributed by atoms with Gasteiger partial charge in [0.05, 0.1) is 24.6 Å². The maximum atomic E-state index is 15.0. The Morgan fingerprint density at radius 2 is 1.57 bits per heavy atom. The minimum atomic E-state index is -1.27. The van der Waals surface area contributed by atoms with Gasteiger partial charge in [-0.15, -0.1) is 0 Å². The lowest BCUT2D eigenvalue weighted by Gasteiger charge is -2.32. The third-order valence-electron chi connectivity index (χ3n) is 7.28. The van der Waals surface area contributed by atoms with Gasteiger partial charge < -0.3 is 19.4 Å². The minimum Gasteiger partial charge on any atom is -0.378 e. The third-order valence-corrected chi connectivity index (χ3v) is 7.28. The minimum absolute atomic E-state index is 0.0965. The summed E-state index contributed by atoms with van der Waals surface area (Å²) in [6.45, 7) is 16.9. The molecule has 37 heavy (non-hydrogen) atoms. The number of morpholine rings is 1. The van der Waals surface area contributed by atoms with Crippen LogP contribution in [0.25, 0.3) is 18.1 Å². The summed E-state index contributed by atoms with van der Waals surface area (Å²) in [6.07, 6.45) is 6.97. The number of halogens is 1. The standard InChI is InChI=1S/C28H40FN7O/c1-20(29)25-30-21-7-9-27(2,3)10-8-22(21)36(25)26-31-23(34-13-15-37-16-14-34)17-24(32-26)35-12-11-33(6)18-28(4,5)19-35/h7-10,17,20H,11-16,18-19H2,1-6H3. The van der Waals surface area contributed by atoms with Gasteiger partial charge in [-0.05, 0) is 31.5 Å². The number of allylic oxidation sites excluding steroid dienone is 2. The van der Waals surface area contributed by atoms with E-state index in [-0.39, 0.29) is 10.8 Å². The molecule has 2 aromatic heterocycles. The summed E-state index contributed by atoms with van der Waals surface area (Å²) in [5, 5.41) is 0. The number of nitrogens with zero attached hydrogens (tertiary/aromatic N) is 7. The lowest BCUT2D eigenvalue weighted by Crippen LogP contribution is -2.38. The molecule has 2 fully saturated rings. The average molecular weight is 510 g/mol. The van der Waals surface area contributed by atoms with Crippen LogP contribution >= 0.6 is 0 Å². The van der Waals surface area contributed by atoms with E-state index in [1.165, 1.54) is 6.92 Å². The smallest absolute Gasteiger partial charge is 0.239 e. The molecule has 1 unspecified atom stereocenters. The Bertz CT molecular complexity index is 1190. The molecule has 200 valence electrons. The first-order valence-electron chi connectivity index (χ1n) is 13.3. The molecule has 0 N–H and O–H groups in total. The SMILES string of the molecule is CC(F)c1nc2c(n1-c1nc(N3CCOCC3)cc(N3CCN(C)CC(C)(C)C3)n1)C=CC(C)(C)C=C2. The van der Waals surface area contributed by atoms with E-state index >= 15 is 0 Å². The summed E-state index contributed by atoms with van der Waals surface area (Å²) in [6, 6.07) is 2.09. The molecular weight excluding hydrogens is 469 g/mol. The monoisotopic (exact) mass is 509 g/mol. The molecule has 4 heterocycles. The van der Waals surface area contributed by atoms with Crippen LogP contribution in [0.1, 0.15) is 58.0 Å². The normalized spacial score (nSPS) is 22.5. The predicted octanol–water partition coefficient (Wildman–Crippen LogP) is 4.37. The first kappa shape index (κ1) is 25.9. The van der Waals surface area contributed by atoms with Crippen molar-refractivity contribution in [2.24, 2.45) is 10.8 Å².